The van der Waals surface area contributed by atoms with Gasteiger partial charge in [0.25, 0.3) is 16.8 Å². The molecule has 5 rings (SSSR count). The minimum atomic E-state index is -0.645. The highest BCUT2D eigenvalue weighted by atomic mass is 16.5. The first kappa shape index (κ1) is 24.8. The molecule has 2 aliphatic heterocycles. The molecule has 2 saturated heterocycles. The third-order valence-corrected chi connectivity index (χ3v) is 7.17. The Morgan fingerprint density at radius 3 is 2.54 bits per heavy atom. The van der Waals surface area contributed by atoms with E-state index in [1.54, 1.807) is 24.3 Å². The van der Waals surface area contributed by atoms with Crippen molar-refractivity contribution in [3.63, 3.8) is 0 Å². The molecule has 3 heterocycles. The number of nitrogens with zero attached hydrogens (tertiary/aromatic N) is 1. The maximum Gasteiger partial charge on any atom is 0.328 e. The maximum absolute atomic E-state index is 13.2. The number of nitrogens with one attached hydrogen (secondary N) is 2. The molecule has 10 heteroatoms. The number of benzene rings is 1. The summed E-state index contributed by atoms with van der Waals surface area (Å²) >= 11 is 0. The van der Waals surface area contributed by atoms with Crippen LogP contribution in [0.25, 0.3) is 0 Å². The van der Waals surface area contributed by atoms with Gasteiger partial charge in [-0.2, -0.15) is 0 Å². The van der Waals surface area contributed by atoms with E-state index in [-0.39, 0.29) is 28.7 Å². The van der Waals surface area contributed by atoms with Gasteiger partial charge in [-0.15, -0.1) is 0 Å². The summed E-state index contributed by atoms with van der Waals surface area (Å²) in [5.74, 6) is 0.654. The molecule has 0 radical (unpaired) electrons. The Kier molecular flexibility index (Phi) is 6.36. The molecule has 10 nitrogen and oxygen atoms in total. The zero-order chi connectivity index (χ0) is 26.3. The third-order valence-electron chi connectivity index (χ3n) is 7.17. The lowest BCUT2D eigenvalue weighted by molar-refractivity contribution is -0.145. The smallest absolute Gasteiger partial charge is 0.328 e. The second kappa shape index (κ2) is 9.51. The van der Waals surface area contributed by atoms with Crippen LogP contribution in [0, 0.1) is 12.3 Å². The van der Waals surface area contributed by atoms with E-state index >= 15 is 0 Å². The normalized spacial score (nSPS) is 19.3. The molecular formula is C27H29N3O7. The quantitative estimate of drug-likeness (QED) is 0.349. The number of likely N-dealkylation sites (tertiary alicyclic amines) is 1. The molecule has 2 fully saturated rings. The second-order valence-corrected chi connectivity index (χ2v) is 9.97. The van der Waals surface area contributed by atoms with Crippen LogP contribution in [0.15, 0.2) is 50.4 Å². The highest BCUT2D eigenvalue weighted by molar-refractivity contribution is 5.98. The van der Waals surface area contributed by atoms with Crippen molar-refractivity contribution in [2.24, 2.45) is 5.41 Å². The van der Waals surface area contributed by atoms with Crippen LogP contribution in [0.4, 0.5) is 17.1 Å². The van der Waals surface area contributed by atoms with Crippen LogP contribution < -0.4 is 21.5 Å². The van der Waals surface area contributed by atoms with Crippen LogP contribution in [0.2, 0.25) is 0 Å². The van der Waals surface area contributed by atoms with Crippen molar-refractivity contribution in [1.29, 1.82) is 0 Å². The minimum Gasteiger partial charge on any atom is -0.467 e. The van der Waals surface area contributed by atoms with E-state index in [2.05, 4.69) is 10.6 Å². The number of furan rings is 1. The molecule has 0 aliphatic carbocycles. The van der Waals surface area contributed by atoms with E-state index < -0.39 is 22.9 Å². The molecule has 1 aromatic heterocycles. The Morgan fingerprint density at radius 2 is 1.89 bits per heavy atom. The van der Waals surface area contributed by atoms with Crippen molar-refractivity contribution < 1.29 is 23.5 Å². The van der Waals surface area contributed by atoms with Crippen LogP contribution in [0.3, 0.4) is 0 Å². The van der Waals surface area contributed by atoms with Gasteiger partial charge in [0, 0.05) is 23.2 Å². The number of anilines is 3. The van der Waals surface area contributed by atoms with Crippen molar-refractivity contribution in [3.8, 4) is 0 Å². The average Bonchev–Trinajstić information content (AvgIpc) is 3.55. The zero-order valence-corrected chi connectivity index (χ0v) is 21.0. The van der Waals surface area contributed by atoms with Crippen molar-refractivity contribution in [3.05, 3.63) is 73.9 Å². The van der Waals surface area contributed by atoms with Gasteiger partial charge in [0.1, 0.15) is 28.9 Å². The summed E-state index contributed by atoms with van der Waals surface area (Å²) in [4.78, 5) is 51.8. The molecule has 1 amide bonds. The van der Waals surface area contributed by atoms with Crippen LogP contribution in [-0.2, 0) is 14.3 Å². The fraction of sp³-hybridized carbons (Fsp3) is 0.407. The molecule has 194 valence electrons. The standard InChI is InChI=1S/C27H29N3O7/c1-15-9-10-19(37-15)24(27(2)13-36-14-27)29-21-20(22(31)23(21)32)28-17-7-4-6-16(12-17)25(33)30-11-5-8-18(30)26(34)35-3/h4,6-7,9-10,12,18,24,28-29H,5,8,11,13-14H2,1-3H3. The summed E-state index contributed by atoms with van der Waals surface area (Å²) in [5, 5.41) is 6.24. The van der Waals surface area contributed by atoms with Crippen molar-refractivity contribution in [2.75, 3.05) is 37.5 Å². The van der Waals surface area contributed by atoms with Crippen LogP contribution in [0.5, 0.6) is 0 Å². The molecule has 37 heavy (non-hydrogen) atoms. The number of methoxy groups -OCH3 is 1. The molecule has 3 aromatic rings. The SMILES string of the molecule is COC(=O)C1CCCN1C(=O)c1cccc(Nc2c(NC(c3ccc(C)o3)C3(C)COC3)c(=O)c2=O)c1. The Balaban J connectivity index is 1.38. The number of ether oxygens (including phenoxy) is 2. The fourth-order valence-electron chi connectivity index (χ4n) is 5.01. The fourth-order valence-corrected chi connectivity index (χ4v) is 5.01. The number of carbonyl (C=O) groups is 2. The predicted octanol–water partition coefficient (Wildman–Crippen LogP) is 2.89. The molecule has 2 aliphatic rings. The first-order valence-electron chi connectivity index (χ1n) is 12.2. The van der Waals surface area contributed by atoms with E-state index in [4.69, 9.17) is 13.9 Å². The molecule has 2 unspecified atom stereocenters. The first-order valence-corrected chi connectivity index (χ1v) is 12.2. The number of esters is 1. The van der Waals surface area contributed by atoms with E-state index in [0.717, 1.165) is 5.76 Å². The largest absolute Gasteiger partial charge is 0.467 e. The highest BCUT2D eigenvalue weighted by Crippen LogP contribution is 2.43. The summed E-state index contributed by atoms with van der Waals surface area (Å²) in [6.45, 7) is 5.29. The molecule has 0 spiro atoms. The Bertz CT molecular complexity index is 1410. The van der Waals surface area contributed by atoms with Gasteiger partial charge >= 0.3 is 5.97 Å². The third kappa shape index (κ3) is 4.42. The van der Waals surface area contributed by atoms with Gasteiger partial charge in [-0.25, -0.2) is 4.79 Å². The lowest BCUT2D eigenvalue weighted by atomic mass is 9.79. The number of hydrogen-bond acceptors (Lipinski definition) is 9. The van der Waals surface area contributed by atoms with Crippen LogP contribution in [-0.4, -0.2) is 49.7 Å². The molecule has 2 aromatic carbocycles. The van der Waals surface area contributed by atoms with Gasteiger partial charge in [0.2, 0.25) is 0 Å². The van der Waals surface area contributed by atoms with Crippen molar-refractivity contribution in [2.45, 2.75) is 38.8 Å². The monoisotopic (exact) mass is 507 g/mol. The topological polar surface area (TPSA) is 127 Å². The molecular weight excluding hydrogens is 478 g/mol. The molecule has 0 saturated carbocycles. The number of rotatable bonds is 8. The van der Waals surface area contributed by atoms with Crippen LogP contribution >= 0.6 is 0 Å². The van der Waals surface area contributed by atoms with E-state index in [9.17, 15) is 19.2 Å². The summed E-state index contributed by atoms with van der Waals surface area (Å²) < 4.78 is 16.1. The number of amides is 1. The van der Waals surface area contributed by atoms with Gasteiger partial charge in [0.05, 0.1) is 26.4 Å². The number of carbonyl (C=O) groups excluding carboxylic acids is 2. The Morgan fingerprint density at radius 1 is 1.14 bits per heavy atom. The zero-order valence-electron chi connectivity index (χ0n) is 21.0. The highest BCUT2D eigenvalue weighted by Gasteiger charge is 2.45. The Labute approximate surface area is 213 Å². The first-order chi connectivity index (χ1) is 17.7. The summed E-state index contributed by atoms with van der Waals surface area (Å²) in [7, 11) is 1.31. The maximum atomic E-state index is 13.2. The average molecular weight is 508 g/mol. The van der Waals surface area contributed by atoms with Crippen LogP contribution in [0.1, 0.15) is 47.7 Å². The van der Waals surface area contributed by atoms with Crippen molar-refractivity contribution in [1.82, 2.24) is 4.90 Å². The second-order valence-electron chi connectivity index (χ2n) is 9.97. The van der Waals surface area contributed by atoms with E-state index in [1.165, 1.54) is 12.0 Å². The van der Waals surface area contributed by atoms with E-state index in [1.807, 2.05) is 26.0 Å². The predicted molar refractivity (Wildman–Crippen MR) is 136 cm³/mol. The minimum absolute atomic E-state index is 0.125. The van der Waals surface area contributed by atoms with Gasteiger partial charge < -0.3 is 29.4 Å². The van der Waals surface area contributed by atoms with Gasteiger partial charge in [-0.05, 0) is 50.1 Å². The van der Waals surface area contributed by atoms with Crippen molar-refractivity contribution >= 4 is 28.9 Å². The number of hydrogen-bond donors (Lipinski definition) is 2. The molecule has 2 N–H and O–H groups in total. The molecule has 0 bridgehead atoms. The molecule has 2 atom stereocenters. The summed E-state index contributed by atoms with van der Waals surface area (Å²) in [6, 6.07) is 9.34. The van der Waals surface area contributed by atoms with Gasteiger partial charge in [-0.3, -0.25) is 14.4 Å². The lowest BCUT2D eigenvalue weighted by Gasteiger charge is -2.44. The summed E-state index contributed by atoms with van der Waals surface area (Å²) in [6.07, 6.45) is 1.26. The van der Waals surface area contributed by atoms with Gasteiger partial charge in [-0.1, -0.05) is 13.0 Å². The van der Waals surface area contributed by atoms with Gasteiger partial charge in [0.15, 0.2) is 0 Å². The lowest BCUT2D eigenvalue weighted by Crippen LogP contribution is -2.49. The Hall–Kier alpha value is -3.92. The van der Waals surface area contributed by atoms with E-state index in [0.29, 0.717) is 49.6 Å². The number of aryl methyl sites for hydroxylation is 1. The summed E-state index contributed by atoms with van der Waals surface area (Å²) in [5.41, 5.74) is -0.465.